The fourth-order valence-corrected chi connectivity index (χ4v) is 5.01. The maximum Gasteiger partial charge on any atom is 0.433 e. The Labute approximate surface area is 221 Å². The van der Waals surface area contributed by atoms with Crippen LogP contribution in [0.2, 0.25) is 5.02 Å². The molecule has 3 aromatic heterocycles. The van der Waals surface area contributed by atoms with Crippen LogP contribution in [0.4, 0.5) is 19.0 Å². The molecular formula is C27H25ClF3N5O2. The minimum Gasteiger partial charge on any atom is -0.488 e. The van der Waals surface area contributed by atoms with Crippen molar-refractivity contribution in [2.24, 2.45) is 13.0 Å². The molecule has 0 radical (unpaired) electrons. The first kappa shape index (κ1) is 24.9. The molecule has 1 atom stereocenters. The highest BCUT2D eigenvalue weighted by Crippen LogP contribution is 2.44. The third-order valence-electron chi connectivity index (χ3n) is 7.25. The molecule has 1 aliphatic carbocycles. The van der Waals surface area contributed by atoms with Gasteiger partial charge in [0.1, 0.15) is 5.69 Å². The van der Waals surface area contributed by atoms with E-state index in [2.05, 4.69) is 14.9 Å². The molecule has 4 aromatic rings. The van der Waals surface area contributed by atoms with Crippen LogP contribution in [0.25, 0.3) is 10.9 Å². The van der Waals surface area contributed by atoms with Crippen molar-refractivity contribution in [3.63, 3.8) is 0 Å². The second kappa shape index (κ2) is 9.13. The van der Waals surface area contributed by atoms with Gasteiger partial charge in [-0.05, 0) is 48.9 Å². The number of aliphatic hydroxyl groups is 1. The number of aryl methyl sites for hydroxylation is 1. The molecule has 1 N–H and O–H groups in total. The summed E-state index contributed by atoms with van der Waals surface area (Å²) in [7, 11) is 1.70. The van der Waals surface area contributed by atoms with Crippen molar-refractivity contribution in [1.29, 1.82) is 0 Å². The normalized spacial score (nSPS) is 17.4. The number of nitrogens with zero attached hydrogens (tertiary/aromatic N) is 5. The van der Waals surface area contributed by atoms with Gasteiger partial charge in [-0.25, -0.2) is 9.97 Å². The minimum atomic E-state index is -4.60. The van der Waals surface area contributed by atoms with Crippen molar-refractivity contribution >= 4 is 28.3 Å². The Morgan fingerprint density at radius 3 is 2.45 bits per heavy atom. The summed E-state index contributed by atoms with van der Waals surface area (Å²) in [6.45, 7) is 2.30. The molecule has 38 heavy (non-hydrogen) atoms. The van der Waals surface area contributed by atoms with Crippen LogP contribution in [0, 0.1) is 5.92 Å². The Morgan fingerprint density at radius 2 is 1.87 bits per heavy atom. The van der Waals surface area contributed by atoms with E-state index < -0.39 is 17.5 Å². The molecule has 0 unspecified atom stereocenters. The molecule has 0 spiro atoms. The molecule has 2 aliphatic rings. The van der Waals surface area contributed by atoms with Crippen LogP contribution in [-0.4, -0.2) is 44.3 Å². The second-order valence-corrected chi connectivity index (χ2v) is 10.3. The van der Waals surface area contributed by atoms with Crippen LogP contribution in [0.1, 0.15) is 41.8 Å². The van der Waals surface area contributed by atoms with Crippen molar-refractivity contribution in [2.75, 3.05) is 24.6 Å². The number of alkyl halides is 3. The van der Waals surface area contributed by atoms with Crippen molar-refractivity contribution in [1.82, 2.24) is 19.5 Å². The van der Waals surface area contributed by atoms with Crippen LogP contribution in [-0.2, 0) is 18.8 Å². The number of ether oxygens (including phenoxy) is 1. The zero-order valence-corrected chi connectivity index (χ0v) is 21.3. The van der Waals surface area contributed by atoms with Gasteiger partial charge in [0.05, 0.1) is 35.4 Å². The molecule has 2 fully saturated rings. The highest BCUT2D eigenvalue weighted by molar-refractivity contribution is 6.37. The zero-order chi connectivity index (χ0) is 26.7. The van der Waals surface area contributed by atoms with Crippen molar-refractivity contribution in [2.45, 2.75) is 31.0 Å². The first-order valence-electron chi connectivity index (χ1n) is 12.4. The van der Waals surface area contributed by atoms with E-state index in [0.717, 1.165) is 44.6 Å². The van der Waals surface area contributed by atoms with E-state index in [4.69, 9.17) is 21.3 Å². The molecule has 1 aromatic carbocycles. The number of rotatable bonds is 7. The van der Waals surface area contributed by atoms with Crippen molar-refractivity contribution in [3.05, 3.63) is 76.6 Å². The number of hydrogen-bond donors (Lipinski definition) is 1. The molecule has 0 bridgehead atoms. The number of halogens is 4. The topological polar surface area (TPSA) is 76.3 Å². The zero-order valence-electron chi connectivity index (χ0n) is 20.5. The number of imidazole rings is 1. The second-order valence-electron chi connectivity index (χ2n) is 9.94. The average molecular weight is 544 g/mol. The maximum absolute atomic E-state index is 13.2. The van der Waals surface area contributed by atoms with E-state index in [1.165, 1.54) is 18.6 Å². The Balaban J connectivity index is 1.50. The first-order valence-corrected chi connectivity index (χ1v) is 12.8. The predicted molar refractivity (Wildman–Crippen MR) is 136 cm³/mol. The minimum absolute atomic E-state index is 0.153. The van der Waals surface area contributed by atoms with Gasteiger partial charge < -0.3 is 19.3 Å². The number of anilines is 1. The van der Waals surface area contributed by atoms with Gasteiger partial charge in [-0.1, -0.05) is 23.7 Å². The largest absolute Gasteiger partial charge is 0.488 e. The SMILES string of the molecule is Cn1cncc1[C@@](O)(c1ccc(C(F)(F)F)nc1)c1ccc2nc(N3CCC3)c(OCC3CC3)c(Cl)c2c1. The Bertz CT molecular complexity index is 1500. The van der Waals surface area contributed by atoms with E-state index in [-0.39, 0.29) is 5.56 Å². The van der Waals surface area contributed by atoms with Gasteiger partial charge in [0.25, 0.3) is 0 Å². The first-order chi connectivity index (χ1) is 18.2. The molecule has 11 heteroatoms. The summed E-state index contributed by atoms with van der Waals surface area (Å²) in [4.78, 5) is 14.7. The lowest BCUT2D eigenvalue weighted by atomic mass is 9.83. The lowest BCUT2D eigenvalue weighted by Crippen LogP contribution is -2.38. The molecular weight excluding hydrogens is 519 g/mol. The summed E-state index contributed by atoms with van der Waals surface area (Å²) >= 11 is 6.94. The number of hydrogen-bond acceptors (Lipinski definition) is 6. The number of benzene rings is 1. The molecule has 0 amide bonds. The highest BCUT2D eigenvalue weighted by Gasteiger charge is 2.39. The molecule has 1 aliphatic heterocycles. The number of pyridine rings is 2. The summed E-state index contributed by atoms with van der Waals surface area (Å²) in [5, 5.41) is 13.2. The van der Waals surface area contributed by atoms with Gasteiger partial charge in [0, 0.05) is 37.3 Å². The summed E-state index contributed by atoms with van der Waals surface area (Å²) < 4.78 is 47.4. The van der Waals surface area contributed by atoms with Gasteiger partial charge in [0.15, 0.2) is 17.2 Å². The monoisotopic (exact) mass is 543 g/mol. The molecule has 7 nitrogen and oxygen atoms in total. The van der Waals surface area contributed by atoms with Gasteiger partial charge >= 0.3 is 6.18 Å². The summed E-state index contributed by atoms with van der Waals surface area (Å²) in [5.41, 5.74) is -1.41. The lowest BCUT2D eigenvalue weighted by molar-refractivity contribution is -0.141. The molecule has 1 saturated carbocycles. The van der Waals surface area contributed by atoms with Crippen LogP contribution >= 0.6 is 11.6 Å². The third-order valence-corrected chi connectivity index (χ3v) is 7.63. The van der Waals surface area contributed by atoms with Crippen molar-refractivity contribution in [3.8, 4) is 5.75 Å². The lowest BCUT2D eigenvalue weighted by Gasteiger charge is -2.34. The third kappa shape index (κ3) is 4.25. The van der Waals surface area contributed by atoms with E-state index >= 15 is 0 Å². The van der Waals surface area contributed by atoms with E-state index in [9.17, 15) is 18.3 Å². The highest BCUT2D eigenvalue weighted by atomic mass is 35.5. The van der Waals surface area contributed by atoms with E-state index in [1.807, 2.05) is 0 Å². The van der Waals surface area contributed by atoms with Crippen LogP contribution in [0.15, 0.2) is 49.1 Å². The molecule has 6 rings (SSSR count). The van der Waals surface area contributed by atoms with Crippen LogP contribution in [0.5, 0.6) is 5.75 Å². The van der Waals surface area contributed by atoms with Crippen molar-refractivity contribution < 1.29 is 23.0 Å². The fourth-order valence-electron chi connectivity index (χ4n) is 4.72. The summed E-state index contributed by atoms with van der Waals surface area (Å²) in [5.74, 6) is 1.73. The number of aromatic nitrogens is 4. The smallest absolute Gasteiger partial charge is 0.433 e. The standard InChI is InChI=1S/C27H25ClF3N5O2/c1-35-15-32-13-22(35)26(37,18-6-8-21(33-12-18)27(29,30)31)17-5-7-20-19(11-17)23(28)24(38-14-16-3-4-16)25(34-20)36-9-2-10-36/h5-8,11-13,15-16,37H,2-4,9-10,14H2,1H3/t26-/m0/s1. The van der Waals surface area contributed by atoms with Gasteiger partial charge in [0.2, 0.25) is 0 Å². The van der Waals surface area contributed by atoms with E-state index in [0.29, 0.717) is 51.3 Å². The van der Waals surface area contributed by atoms with Gasteiger partial charge in [-0.2, -0.15) is 13.2 Å². The average Bonchev–Trinajstić information content (AvgIpc) is 3.59. The van der Waals surface area contributed by atoms with E-state index in [1.54, 1.807) is 29.8 Å². The Hall–Kier alpha value is -3.37. The predicted octanol–water partition coefficient (Wildman–Crippen LogP) is 5.32. The quantitative estimate of drug-likeness (QED) is 0.340. The van der Waals surface area contributed by atoms with Crippen LogP contribution in [0.3, 0.4) is 0 Å². The summed E-state index contributed by atoms with van der Waals surface area (Å²) in [6, 6.07) is 7.24. The van der Waals surface area contributed by atoms with Crippen LogP contribution < -0.4 is 9.64 Å². The molecule has 1 saturated heterocycles. The Kier molecular flexibility index (Phi) is 5.99. The Morgan fingerprint density at radius 1 is 1.11 bits per heavy atom. The number of fused-ring (bicyclic) bond motifs is 1. The molecule has 198 valence electrons. The summed E-state index contributed by atoms with van der Waals surface area (Å²) in [6.07, 6.45) is 2.74. The maximum atomic E-state index is 13.2. The molecule has 4 heterocycles. The van der Waals surface area contributed by atoms with Gasteiger partial charge in [-0.15, -0.1) is 0 Å². The van der Waals surface area contributed by atoms with Gasteiger partial charge in [-0.3, -0.25) is 4.98 Å². The fraction of sp³-hybridized carbons (Fsp3) is 0.370.